The second-order valence-electron chi connectivity index (χ2n) is 3.84. The van der Waals surface area contributed by atoms with Crippen LogP contribution in [0.15, 0.2) is 24.4 Å². The third kappa shape index (κ3) is 2.23. The molecule has 0 bridgehead atoms. The molecule has 1 heterocycles. The second-order valence-corrected chi connectivity index (χ2v) is 4.25. The number of aryl methyl sites for hydroxylation is 1. The lowest BCUT2D eigenvalue weighted by Gasteiger charge is -2.03. The maximum Gasteiger partial charge on any atom is 0.356 e. The zero-order valence-corrected chi connectivity index (χ0v) is 10.3. The number of carboxylic acids is 1. The molecule has 0 atom stereocenters. The van der Waals surface area contributed by atoms with Gasteiger partial charge >= 0.3 is 5.97 Å². The summed E-state index contributed by atoms with van der Waals surface area (Å²) in [7, 11) is 0. The highest BCUT2D eigenvalue weighted by Crippen LogP contribution is 2.20. The summed E-state index contributed by atoms with van der Waals surface area (Å²) in [5, 5.41) is 22.5. The van der Waals surface area contributed by atoms with Crippen LogP contribution < -0.4 is 0 Å². The summed E-state index contributed by atoms with van der Waals surface area (Å²) in [6.45, 7) is 1.50. The minimum Gasteiger partial charge on any atom is -0.476 e. The summed E-state index contributed by atoms with van der Waals surface area (Å²) >= 11 is 6.00. The van der Waals surface area contributed by atoms with Gasteiger partial charge in [-0.05, 0) is 24.6 Å². The Kier molecular flexibility index (Phi) is 3.36. The molecule has 2 N–H and O–H groups in total. The van der Waals surface area contributed by atoms with Gasteiger partial charge in [-0.3, -0.25) is 0 Å². The number of hydrogen-bond acceptors (Lipinski definition) is 3. The van der Waals surface area contributed by atoms with Gasteiger partial charge in [0, 0.05) is 16.8 Å². The van der Waals surface area contributed by atoms with Crippen LogP contribution in [0.4, 0.5) is 0 Å². The van der Waals surface area contributed by atoms with E-state index < -0.39 is 5.97 Å². The minimum absolute atomic E-state index is 0.158. The number of rotatable bonds is 3. The molecule has 1 aromatic heterocycles. The van der Waals surface area contributed by atoms with Crippen LogP contribution in [0.3, 0.4) is 0 Å². The van der Waals surface area contributed by atoms with Gasteiger partial charge in [0.05, 0.1) is 12.3 Å². The Bertz CT molecular complexity index is 607. The Morgan fingerprint density at radius 3 is 2.72 bits per heavy atom. The second kappa shape index (κ2) is 4.80. The Hall–Kier alpha value is -1.85. The fourth-order valence-corrected chi connectivity index (χ4v) is 1.74. The number of aromatic nitrogens is 2. The average molecular weight is 267 g/mol. The van der Waals surface area contributed by atoms with Crippen LogP contribution >= 0.6 is 11.6 Å². The van der Waals surface area contributed by atoms with Gasteiger partial charge < -0.3 is 10.2 Å². The molecule has 0 aliphatic rings. The van der Waals surface area contributed by atoms with Crippen LogP contribution in [0, 0.1) is 6.92 Å². The van der Waals surface area contributed by atoms with Crippen LogP contribution in [0.1, 0.15) is 21.6 Å². The number of aliphatic hydroxyl groups excluding tert-OH is 1. The molecule has 2 aromatic rings. The first kappa shape index (κ1) is 12.6. The number of aromatic carboxylic acids is 1. The van der Waals surface area contributed by atoms with Gasteiger partial charge in [0.1, 0.15) is 0 Å². The van der Waals surface area contributed by atoms with Gasteiger partial charge in [-0.2, -0.15) is 5.10 Å². The third-order valence-corrected chi connectivity index (χ3v) is 2.99. The van der Waals surface area contributed by atoms with E-state index in [1.165, 1.54) is 10.9 Å². The van der Waals surface area contributed by atoms with Crippen molar-refractivity contribution in [2.45, 2.75) is 13.5 Å². The highest BCUT2D eigenvalue weighted by molar-refractivity contribution is 6.31. The largest absolute Gasteiger partial charge is 0.476 e. The van der Waals surface area contributed by atoms with Crippen molar-refractivity contribution >= 4 is 17.6 Å². The summed E-state index contributed by atoms with van der Waals surface area (Å²) in [5.74, 6) is -1.17. The first-order valence-electron chi connectivity index (χ1n) is 5.22. The van der Waals surface area contributed by atoms with Crippen LogP contribution in [0.25, 0.3) is 5.69 Å². The van der Waals surface area contributed by atoms with Crippen molar-refractivity contribution < 1.29 is 15.0 Å². The van der Waals surface area contributed by atoms with Gasteiger partial charge in [0.25, 0.3) is 0 Å². The number of hydrogen-bond donors (Lipinski definition) is 2. The number of carbonyl (C=O) groups is 1. The van der Waals surface area contributed by atoms with E-state index in [0.29, 0.717) is 10.7 Å². The van der Waals surface area contributed by atoms with Crippen LogP contribution in [0.5, 0.6) is 0 Å². The first-order valence-corrected chi connectivity index (χ1v) is 5.60. The molecule has 6 heteroatoms. The molecule has 0 aliphatic carbocycles. The number of carboxylic acid groups (broad SMARTS) is 1. The zero-order chi connectivity index (χ0) is 13.3. The molecule has 0 aliphatic heterocycles. The topological polar surface area (TPSA) is 75.4 Å². The molecule has 0 amide bonds. The zero-order valence-electron chi connectivity index (χ0n) is 9.59. The number of aliphatic hydroxyl groups is 1. The van der Waals surface area contributed by atoms with Crippen LogP contribution in [-0.4, -0.2) is 26.0 Å². The number of nitrogens with zero attached hydrogens (tertiary/aromatic N) is 2. The molecule has 5 nitrogen and oxygen atoms in total. The molecule has 0 unspecified atom stereocenters. The van der Waals surface area contributed by atoms with Gasteiger partial charge in [0.2, 0.25) is 0 Å². The quantitative estimate of drug-likeness (QED) is 0.891. The predicted octanol–water partition coefficient (Wildman–Crippen LogP) is 2.02. The third-order valence-electron chi connectivity index (χ3n) is 2.58. The molecule has 94 valence electrons. The first-order chi connectivity index (χ1) is 8.52. The lowest BCUT2D eigenvalue weighted by molar-refractivity contribution is 0.0686. The molecule has 18 heavy (non-hydrogen) atoms. The predicted molar refractivity (Wildman–Crippen MR) is 66.2 cm³/mol. The highest BCUT2D eigenvalue weighted by atomic mass is 35.5. The molecular weight excluding hydrogens is 256 g/mol. The van der Waals surface area contributed by atoms with E-state index in [4.69, 9.17) is 21.8 Å². The molecule has 0 spiro atoms. The van der Waals surface area contributed by atoms with Crippen molar-refractivity contribution in [3.63, 3.8) is 0 Å². The molecular formula is C12H11ClN2O3. The summed E-state index contributed by atoms with van der Waals surface area (Å²) in [4.78, 5) is 10.9. The SMILES string of the molecule is Cc1ccc(-n2cc(CO)c(C(=O)O)n2)cc1Cl. The highest BCUT2D eigenvalue weighted by Gasteiger charge is 2.15. The van der Waals surface area contributed by atoms with Crippen LogP contribution in [-0.2, 0) is 6.61 Å². The molecule has 2 rings (SSSR count). The van der Waals surface area contributed by atoms with E-state index in [2.05, 4.69) is 5.10 Å². The standard InChI is InChI=1S/C12H11ClN2O3/c1-7-2-3-9(4-10(7)13)15-5-8(6-16)11(14-15)12(17)18/h2-5,16H,6H2,1H3,(H,17,18). The van der Waals surface area contributed by atoms with E-state index >= 15 is 0 Å². The van der Waals surface area contributed by atoms with Crippen molar-refractivity contribution in [3.8, 4) is 5.69 Å². The maximum absolute atomic E-state index is 10.9. The van der Waals surface area contributed by atoms with Crippen LogP contribution in [0.2, 0.25) is 5.02 Å². The van der Waals surface area contributed by atoms with Crippen molar-refractivity contribution in [3.05, 3.63) is 46.2 Å². The minimum atomic E-state index is -1.17. The van der Waals surface area contributed by atoms with E-state index in [1.807, 2.05) is 13.0 Å². The number of benzene rings is 1. The fraction of sp³-hybridized carbons (Fsp3) is 0.167. The lowest BCUT2D eigenvalue weighted by Crippen LogP contribution is -2.02. The van der Waals surface area contributed by atoms with Crippen molar-refractivity contribution in [2.75, 3.05) is 0 Å². The average Bonchev–Trinajstić information content (AvgIpc) is 2.77. The van der Waals surface area contributed by atoms with E-state index in [0.717, 1.165) is 5.56 Å². The molecule has 0 fully saturated rings. The normalized spacial score (nSPS) is 10.6. The van der Waals surface area contributed by atoms with Gasteiger partial charge in [-0.1, -0.05) is 17.7 Å². The molecule has 0 saturated heterocycles. The number of halogens is 1. The van der Waals surface area contributed by atoms with Crippen molar-refractivity contribution in [1.29, 1.82) is 0 Å². The maximum atomic E-state index is 10.9. The van der Waals surface area contributed by atoms with Gasteiger partial charge in [-0.15, -0.1) is 0 Å². The molecule has 0 saturated carbocycles. The van der Waals surface area contributed by atoms with Crippen molar-refractivity contribution in [1.82, 2.24) is 9.78 Å². The summed E-state index contributed by atoms with van der Waals surface area (Å²) < 4.78 is 1.39. The summed E-state index contributed by atoms with van der Waals surface area (Å²) in [5.41, 5.74) is 1.68. The van der Waals surface area contributed by atoms with Crippen molar-refractivity contribution in [2.24, 2.45) is 0 Å². The van der Waals surface area contributed by atoms with E-state index in [9.17, 15) is 4.79 Å². The fourth-order valence-electron chi connectivity index (χ4n) is 1.56. The molecule has 0 radical (unpaired) electrons. The lowest BCUT2D eigenvalue weighted by atomic mass is 10.2. The van der Waals surface area contributed by atoms with E-state index in [-0.39, 0.29) is 17.9 Å². The summed E-state index contributed by atoms with van der Waals surface area (Å²) in [6, 6.07) is 5.29. The van der Waals surface area contributed by atoms with Gasteiger partial charge in [-0.25, -0.2) is 9.48 Å². The monoisotopic (exact) mass is 266 g/mol. The Morgan fingerprint density at radius 2 is 2.22 bits per heavy atom. The Morgan fingerprint density at radius 1 is 1.50 bits per heavy atom. The molecule has 1 aromatic carbocycles. The Labute approximate surface area is 108 Å². The Balaban J connectivity index is 2.50. The summed E-state index contributed by atoms with van der Waals surface area (Å²) in [6.07, 6.45) is 1.48. The van der Waals surface area contributed by atoms with E-state index in [1.54, 1.807) is 12.1 Å². The van der Waals surface area contributed by atoms with Gasteiger partial charge in [0.15, 0.2) is 5.69 Å². The smallest absolute Gasteiger partial charge is 0.356 e.